The van der Waals surface area contributed by atoms with Gasteiger partial charge in [-0.25, -0.2) is 14.6 Å². The molecule has 0 N–H and O–H groups in total. The second kappa shape index (κ2) is 6.59. The normalized spacial score (nSPS) is 21.2. The highest BCUT2D eigenvalue weighted by atomic mass is 16.2. The fraction of sp³-hybridized carbons (Fsp3) is 0.529. The number of hydrogen-bond acceptors (Lipinski definition) is 5. The number of hydrogen-bond donors (Lipinski definition) is 0. The van der Waals surface area contributed by atoms with Gasteiger partial charge in [0.2, 0.25) is 0 Å². The van der Waals surface area contributed by atoms with E-state index in [2.05, 4.69) is 20.0 Å². The molecule has 24 heavy (non-hydrogen) atoms. The van der Waals surface area contributed by atoms with Gasteiger partial charge in [-0.3, -0.25) is 4.79 Å². The SMILES string of the molecule is O=C(c1ccc(N2CCCC2)nc1)N1CCC[C@@H](n2cncn2)C1. The number of nitrogens with zero attached hydrogens (tertiary/aromatic N) is 6. The molecular formula is C17H22N6O. The second-order valence-electron chi connectivity index (χ2n) is 6.52. The first-order valence-corrected chi connectivity index (χ1v) is 8.65. The van der Waals surface area contributed by atoms with Crippen molar-refractivity contribution in [2.45, 2.75) is 31.7 Å². The first kappa shape index (κ1) is 15.1. The van der Waals surface area contributed by atoms with E-state index in [1.54, 1.807) is 18.9 Å². The molecule has 4 rings (SSSR count). The number of likely N-dealkylation sites (tertiary alicyclic amines) is 1. The number of pyridine rings is 1. The molecule has 2 aromatic rings. The maximum Gasteiger partial charge on any atom is 0.255 e. The summed E-state index contributed by atoms with van der Waals surface area (Å²) in [4.78, 5) is 25.5. The summed E-state index contributed by atoms with van der Waals surface area (Å²) in [5.74, 6) is 1.03. The van der Waals surface area contributed by atoms with E-state index in [-0.39, 0.29) is 11.9 Å². The lowest BCUT2D eigenvalue weighted by Crippen LogP contribution is -2.40. The highest BCUT2D eigenvalue weighted by Gasteiger charge is 2.26. The van der Waals surface area contributed by atoms with E-state index in [0.29, 0.717) is 12.1 Å². The maximum atomic E-state index is 12.8. The average molecular weight is 326 g/mol. The Balaban J connectivity index is 1.44. The van der Waals surface area contributed by atoms with E-state index in [9.17, 15) is 4.79 Å². The van der Waals surface area contributed by atoms with E-state index in [4.69, 9.17) is 0 Å². The van der Waals surface area contributed by atoms with Crippen LogP contribution >= 0.6 is 0 Å². The Labute approximate surface area is 141 Å². The van der Waals surface area contributed by atoms with E-state index < -0.39 is 0 Å². The van der Waals surface area contributed by atoms with Gasteiger partial charge in [0.25, 0.3) is 5.91 Å². The van der Waals surface area contributed by atoms with Crippen molar-refractivity contribution in [3.8, 4) is 0 Å². The molecule has 0 aliphatic carbocycles. The molecule has 2 aromatic heterocycles. The van der Waals surface area contributed by atoms with Crippen LogP contribution in [0.3, 0.4) is 0 Å². The third kappa shape index (κ3) is 2.98. The quantitative estimate of drug-likeness (QED) is 0.859. The van der Waals surface area contributed by atoms with Gasteiger partial charge in [-0.2, -0.15) is 5.10 Å². The van der Waals surface area contributed by atoms with Crippen LogP contribution in [-0.4, -0.2) is 56.7 Å². The molecule has 0 spiro atoms. The smallest absolute Gasteiger partial charge is 0.255 e. The zero-order valence-corrected chi connectivity index (χ0v) is 13.7. The summed E-state index contributed by atoms with van der Waals surface area (Å²) in [6.45, 7) is 3.59. The van der Waals surface area contributed by atoms with Crippen LogP contribution in [0, 0.1) is 0 Å². The summed E-state index contributed by atoms with van der Waals surface area (Å²) in [5.41, 5.74) is 0.664. The minimum atomic E-state index is 0.0558. The molecule has 0 saturated carbocycles. The van der Waals surface area contributed by atoms with Crippen LogP contribution in [0.15, 0.2) is 31.0 Å². The van der Waals surface area contributed by atoms with E-state index in [1.165, 1.54) is 12.8 Å². The standard InChI is InChI=1S/C17H22N6O/c24-17(14-5-6-16(19-10-14)21-7-1-2-8-21)22-9-3-4-15(11-22)23-13-18-12-20-23/h5-6,10,12-13,15H,1-4,7-9,11H2/t15-/m1/s1. The van der Waals surface area contributed by atoms with Gasteiger partial charge in [0.1, 0.15) is 18.5 Å². The lowest BCUT2D eigenvalue weighted by molar-refractivity contribution is 0.0672. The highest BCUT2D eigenvalue weighted by Crippen LogP contribution is 2.23. The van der Waals surface area contributed by atoms with Crippen LogP contribution in [0.4, 0.5) is 5.82 Å². The zero-order valence-electron chi connectivity index (χ0n) is 13.7. The fourth-order valence-electron chi connectivity index (χ4n) is 3.59. The molecule has 2 aliphatic heterocycles. The largest absolute Gasteiger partial charge is 0.357 e. The number of carbonyl (C=O) groups excluding carboxylic acids is 1. The molecule has 4 heterocycles. The summed E-state index contributed by atoms with van der Waals surface area (Å²) >= 11 is 0. The van der Waals surface area contributed by atoms with Crippen LogP contribution in [0.5, 0.6) is 0 Å². The Morgan fingerprint density at radius 3 is 2.71 bits per heavy atom. The van der Waals surface area contributed by atoms with Crippen LogP contribution in [0.25, 0.3) is 0 Å². The summed E-state index contributed by atoms with van der Waals surface area (Å²) < 4.78 is 1.86. The fourth-order valence-corrected chi connectivity index (χ4v) is 3.59. The maximum absolute atomic E-state index is 12.8. The van der Waals surface area contributed by atoms with Crippen LogP contribution in [0.1, 0.15) is 42.1 Å². The van der Waals surface area contributed by atoms with Crippen molar-refractivity contribution in [3.63, 3.8) is 0 Å². The number of anilines is 1. The summed E-state index contributed by atoms with van der Waals surface area (Å²) in [7, 11) is 0. The minimum absolute atomic E-state index is 0.0558. The van der Waals surface area contributed by atoms with Gasteiger partial charge < -0.3 is 9.80 Å². The number of aromatic nitrogens is 4. The Morgan fingerprint density at radius 2 is 2.00 bits per heavy atom. The third-order valence-electron chi connectivity index (χ3n) is 4.92. The third-order valence-corrected chi connectivity index (χ3v) is 4.92. The Kier molecular flexibility index (Phi) is 4.15. The van der Waals surface area contributed by atoms with Gasteiger partial charge in [-0.15, -0.1) is 0 Å². The average Bonchev–Trinajstić information content (AvgIpc) is 3.35. The van der Waals surface area contributed by atoms with Crippen LogP contribution in [-0.2, 0) is 0 Å². The lowest BCUT2D eigenvalue weighted by atomic mass is 10.1. The molecule has 1 atom stereocenters. The van der Waals surface area contributed by atoms with Crippen molar-refractivity contribution in [2.75, 3.05) is 31.1 Å². The van der Waals surface area contributed by atoms with Crippen LogP contribution in [0.2, 0.25) is 0 Å². The Hall–Kier alpha value is -2.44. The molecule has 2 aliphatic rings. The van der Waals surface area contributed by atoms with Crippen molar-refractivity contribution < 1.29 is 4.79 Å². The van der Waals surface area contributed by atoms with Gasteiger partial charge in [0, 0.05) is 32.4 Å². The Bertz CT molecular complexity index is 678. The predicted octanol–water partition coefficient (Wildman–Crippen LogP) is 1.75. The van der Waals surface area contributed by atoms with Crippen molar-refractivity contribution in [1.29, 1.82) is 0 Å². The van der Waals surface area contributed by atoms with E-state index >= 15 is 0 Å². The molecule has 7 heteroatoms. The summed E-state index contributed by atoms with van der Waals surface area (Å²) in [6.07, 6.45) is 9.44. The minimum Gasteiger partial charge on any atom is -0.357 e. The predicted molar refractivity (Wildman–Crippen MR) is 89.9 cm³/mol. The van der Waals surface area contributed by atoms with Crippen molar-refractivity contribution in [2.24, 2.45) is 0 Å². The lowest BCUT2D eigenvalue weighted by Gasteiger charge is -2.32. The monoisotopic (exact) mass is 326 g/mol. The van der Waals surface area contributed by atoms with Crippen molar-refractivity contribution >= 4 is 11.7 Å². The summed E-state index contributed by atoms with van der Waals surface area (Å²) in [6, 6.07) is 4.08. The Morgan fingerprint density at radius 1 is 1.12 bits per heavy atom. The van der Waals surface area contributed by atoms with Gasteiger partial charge in [-0.1, -0.05) is 0 Å². The number of carbonyl (C=O) groups is 1. The number of piperidine rings is 1. The van der Waals surface area contributed by atoms with Gasteiger partial charge in [0.15, 0.2) is 0 Å². The first-order valence-electron chi connectivity index (χ1n) is 8.65. The van der Waals surface area contributed by atoms with Gasteiger partial charge >= 0.3 is 0 Å². The first-order chi connectivity index (χ1) is 11.8. The molecule has 0 aromatic carbocycles. The molecule has 2 saturated heterocycles. The molecule has 0 radical (unpaired) electrons. The number of rotatable bonds is 3. The zero-order chi connectivity index (χ0) is 16.4. The number of amides is 1. The van der Waals surface area contributed by atoms with E-state index in [0.717, 1.165) is 38.3 Å². The molecule has 7 nitrogen and oxygen atoms in total. The molecule has 1 amide bonds. The highest BCUT2D eigenvalue weighted by molar-refractivity contribution is 5.94. The van der Waals surface area contributed by atoms with Crippen molar-refractivity contribution in [1.82, 2.24) is 24.6 Å². The van der Waals surface area contributed by atoms with Gasteiger partial charge in [0.05, 0.1) is 11.6 Å². The molecule has 2 fully saturated rings. The van der Waals surface area contributed by atoms with Crippen LogP contribution < -0.4 is 4.90 Å². The molecule has 0 unspecified atom stereocenters. The second-order valence-corrected chi connectivity index (χ2v) is 6.52. The topological polar surface area (TPSA) is 67.2 Å². The van der Waals surface area contributed by atoms with E-state index in [1.807, 2.05) is 21.7 Å². The molecule has 0 bridgehead atoms. The van der Waals surface area contributed by atoms with Crippen molar-refractivity contribution in [3.05, 3.63) is 36.5 Å². The van der Waals surface area contributed by atoms with Gasteiger partial charge in [-0.05, 0) is 37.8 Å². The molecule has 126 valence electrons. The molecular weight excluding hydrogens is 304 g/mol. The summed E-state index contributed by atoms with van der Waals surface area (Å²) in [5, 5.41) is 4.21.